The Labute approximate surface area is 91.7 Å². The van der Waals surface area contributed by atoms with Crippen molar-refractivity contribution in [1.82, 2.24) is 4.90 Å². The van der Waals surface area contributed by atoms with Crippen LogP contribution in [0.5, 0.6) is 0 Å². The van der Waals surface area contributed by atoms with Crippen molar-refractivity contribution < 1.29 is 9.47 Å². The minimum absolute atomic E-state index is 0.237. The van der Waals surface area contributed by atoms with Crippen molar-refractivity contribution in [2.45, 2.75) is 37.0 Å². The van der Waals surface area contributed by atoms with E-state index < -0.39 is 0 Å². The fourth-order valence-electron chi connectivity index (χ4n) is 2.89. The molecule has 4 nitrogen and oxygen atoms in total. The molecule has 0 bridgehead atoms. The van der Waals surface area contributed by atoms with Crippen LogP contribution in [-0.4, -0.2) is 50.1 Å². The van der Waals surface area contributed by atoms with Gasteiger partial charge in [0.05, 0.1) is 13.1 Å². The van der Waals surface area contributed by atoms with Crippen LogP contribution in [-0.2, 0) is 9.47 Å². The molecule has 0 aromatic heterocycles. The molecule has 0 aromatic rings. The first-order valence-corrected chi connectivity index (χ1v) is 5.76. The first-order chi connectivity index (χ1) is 7.20. The van der Waals surface area contributed by atoms with E-state index in [0.29, 0.717) is 0 Å². The Morgan fingerprint density at radius 2 is 1.67 bits per heavy atom. The standard InChI is InChI=1S/C11H22N2O2/c1-14-11(15-2)8-13(9-11)10(7-12)5-3-4-6-10/h3-9,12H2,1-2H3. The van der Waals surface area contributed by atoms with Gasteiger partial charge in [0.1, 0.15) is 0 Å². The Morgan fingerprint density at radius 3 is 2.07 bits per heavy atom. The van der Waals surface area contributed by atoms with Gasteiger partial charge < -0.3 is 15.2 Å². The summed E-state index contributed by atoms with van der Waals surface area (Å²) in [5.74, 6) is -0.370. The summed E-state index contributed by atoms with van der Waals surface area (Å²) >= 11 is 0. The molecule has 2 aliphatic rings. The lowest BCUT2D eigenvalue weighted by Crippen LogP contribution is -2.71. The Morgan fingerprint density at radius 1 is 1.13 bits per heavy atom. The second-order valence-electron chi connectivity index (χ2n) is 4.81. The minimum atomic E-state index is -0.370. The summed E-state index contributed by atoms with van der Waals surface area (Å²) in [5, 5.41) is 0. The number of rotatable bonds is 4. The van der Waals surface area contributed by atoms with Crippen molar-refractivity contribution in [2.24, 2.45) is 5.73 Å². The molecule has 1 aliphatic heterocycles. The van der Waals surface area contributed by atoms with Crippen molar-refractivity contribution in [3.05, 3.63) is 0 Å². The molecule has 0 atom stereocenters. The van der Waals surface area contributed by atoms with Gasteiger partial charge in [0.15, 0.2) is 5.79 Å². The first kappa shape index (κ1) is 11.3. The van der Waals surface area contributed by atoms with Gasteiger partial charge in [-0.05, 0) is 12.8 Å². The third-order valence-electron chi connectivity index (χ3n) is 4.19. The average molecular weight is 214 g/mol. The maximum absolute atomic E-state index is 5.93. The summed E-state index contributed by atoms with van der Waals surface area (Å²) in [6, 6.07) is 0. The zero-order valence-electron chi connectivity index (χ0n) is 9.79. The fourth-order valence-corrected chi connectivity index (χ4v) is 2.89. The molecule has 0 amide bonds. The van der Waals surface area contributed by atoms with E-state index in [4.69, 9.17) is 15.2 Å². The second-order valence-corrected chi connectivity index (χ2v) is 4.81. The normalized spacial score (nSPS) is 29.0. The molecule has 1 heterocycles. The van der Waals surface area contributed by atoms with Gasteiger partial charge in [0.25, 0.3) is 0 Å². The minimum Gasteiger partial charge on any atom is -0.351 e. The highest BCUT2D eigenvalue weighted by Crippen LogP contribution is 2.40. The van der Waals surface area contributed by atoms with E-state index in [0.717, 1.165) is 19.6 Å². The van der Waals surface area contributed by atoms with Crippen LogP contribution in [0.4, 0.5) is 0 Å². The number of methoxy groups -OCH3 is 2. The van der Waals surface area contributed by atoms with E-state index in [1.165, 1.54) is 25.7 Å². The van der Waals surface area contributed by atoms with Crippen LogP contribution in [0.2, 0.25) is 0 Å². The van der Waals surface area contributed by atoms with Crippen molar-refractivity contribution >= 4 is 0 Å². The van der Waals surface area contributed by atoms with Crippen molar-refractivity contribution in [2.75, 3.05) is 33.9 Å². The summed E-state index contributed by atoms with van der Waals surface area (Å²) < 4.78 is 10.8. The predicted molar refractivity (Wildman–Crippen MR) is 58.6 cm³/mol. The van der Waals surface area contributed by atoms with Gasteiger partial charge in [0.2, 0.25) is 0 Å². The number of nitrogens with zero attached hydrogens (tertiary/aromatic N) is 1. The van der Waals surface area contributed by atoms with Crippen LogP contribution >= 0.6 is 0 Å². The molecular formula is C11H22N2O2. The largest absolute Gasteiger partial charge is 0.351 e. The number of likely N-dealkylation sites (tertiary alicyclic amines) is 1. The summed E-state index contributed by atoms with van der Waals surface area (Å²) in [4.78, 5) is 2.44. The molecule has 2 N–H and O–H groups in total. The highest BCUT2D eigenvalue weighted by molar-refractivity contribution is 5.04. The van der Waals surface area contributed by atoms with Gasteiger partial charge in [-0.3, -0.25) is 4.90 Å². The Bertz CT molecular complexity index is 215. The van der Waals surface area contributed by atoms with Crippen molar-refractivity contribution in [1.29, 1.82) is 0 Å². The van der Waals surface area contributed by atoms with Gasteiger partial charge in [-0.2, -0.15) is 0 Å². The molecule has 4 heteroatoms. The molecule has 1 saturated carbocycles. The Hall–Kier alpha value is -0.160. The highest BCUT2D eigenvalue weighted by Gasteiger charge is 2.52. The zero-order valence-corrected chi connectivity index (χ0v) is 9.79. The molecule has 2 fully saturated rings. The quantitative estimate of drug-likeness (QED) is 0.695. The summed E-state index contributed by atoms with van der Waals surface area (Å²) in [7, 11) is 3.43. The van der Waals surface area contributed by atoms with Gasteiger partial charge in [-0.1, -0.05) is 12.8 Å². The molecule has 0 aromatic carbocycles. The zero-order chi connectivity index (χ0) is 10.9. The van der Waals surface area contributed by atoms with E-state index in [2.05, 4.69) is 4.90 Å². The predicted octanol–water partition coefficient (Wildman–Crippen LogP) is 0.563. The van der Waals surface area contributed by atoms with Gasteiger partial charge in [0, 0.05) is 26.3 Å². The van der Waals surface area contributed by atoms with Gasteiger partial charge >= 0.3 is 0 Å². The van der Waals surface area contributed by atoms with Crippen LogP contribution in [0.15, 0.2) is 0 Å². The monoisotopic (exact) mass is 214 g/mol. The third-order valence-corrected chi connectivity index (χ3v) is 4.19. The SMILES string of the molecule is COC1(OC)CN(C2(CN)CCCC2)C1. The third kappa shape index (κ3) is 1.69. The van der Waals surface area contributed by atoms with Crippen LogP contribution < -0.4 is 5.73 Å². The summed E-state index contributed by atoms with van der Waals surface area (Å²) in [6.07, 6.45) is 5.07. The second kappa shape index (κ2) is 4.01. The number of ether oxygens (including phenoxy) is 2. The Balaban J connectivity index is 1.97. The molecule has 15 heavy (non-hydrogen) atoms. The number of hydrogen-bond acceptors (Lipinski definition) is 4. The molecule has 1 saturated heterocycles. The molecule has 0 unspecified atom stereocenters. The molecule has 88 valence electrons. The van der Waals surface area contributed by atoms with Crippen molar-refractivity contribution in [3.63, 3.8) is 0 Å². The average Bonchev–Trinajstić information content (AvgIpc) is 2.68. The van der Waals surface area contributed by atoms with Crippen LogP contribution in [0.3, 0.4) is 0 Å². The number of nitrogens with two attached hydrogens (primary N) is 1. The molecule has 0 radical (unpaired) electrons. The maximum atomic E-state index is 5.93. The molecule has 1 aliphatic carbocycles. The highest BCUT2D eigenvalue weighted by atomic mass is 16.7. The van der Waals surface area contributed by atoms with Crippen LogP contribution in [0, 0.1) is 0 Å². The van der Waals surface area contributed by atoms with Gasteiger partial charge in [-0.15, -0.1) is 0 Å². The molecular weight excluding hydrogens is 192 g/mol. The smallest absolute Gasteiger partial charge is 0.193 e. The van der Waals surface area contributed by atoms with Crippen molar-refractivity contribution in [3.8, 4) is 0 Å². The number of hydrogen-bond donors (Lipinski definition) is 1. The lowest BCUT2D eigenvalue weighted by atomic mass is 9.89. The van der Waals surface area contributed by atoms with Crippen LogP contribution in [0.25, 0.3) is 0 Å². The molecule has 2 rings (SSSR count). The van der Waals surface area contributed by atoms with E-state index in [1.54, 1.807) is 14.2 Å². The maximum Gasteiger partial charge on any atom is 0.193 e. The topological polar surface area (TPSA) is 47.7 Å². The van der Waals surface area contributed by atoms with Gasteiger partial charge in [-0.25, -0.2) is 0 Å². The summed E-state index contributed by atoms with van der Waals surface area (Å²) in [5.41, 5.74) is 6.16. The van der Waals surface area contributed by atoms with E-state index in [9.17, 15) is 0 Å². The Kier molecular flexibility index (Phi) is 3.03. The van der Waals surface area contributed by atoms with E-state index in [1.807, 2.05) is 0 Å². The fraction of sp³-hybridized carbons (Fsp3) is 1.00. The first-order valence-electron chi connectivity index (χ1n) is 5.76. The van der Waals surface area contributed by atoms with Crippen LogP contribution in [0.1, 0.15) is 25.7 Å². The molecule has 0 spiro atoms. The summed E-state index contributed by atoms with van der Waals surface area (Å²) in [6.45, 7) is 2.48. The van der Waals surface area contributed by atoms with E-state index >= 15 is 0 Å². The lowest BCUT2D eigenvalue weighted by Gasteiger charge is -2.55. The lowest BCUT2D eigenvalue weighted by molar-refractivity contribution is -0.291. The van der Waals surface area contributed by atoms with E-state index in [-0.39, 0.29) is 11.3 Å².